The molecule has 3 aromatic rings. The third kappa shape index (κ3) is 4.87. The van der Waals surface area contributed by atoms with Gasteiger partial charge in [0.2, 0.25) is 0 Å². The zero-order valence-corrected chi connectivity index (χ0v) is 20.0. The zero-order valence-electron chi connectivity index (χ0n) is 19.2. The van der Waals surface area contributed by atoms with Gasteiger partial charge >= 0.3 is 12.1 Å². The van der Waals surface area contributed by atoms with E-state index in [1.165, 1.54) is 45.0 Å². The fourth-order valence-electron chi connectivity index (χ4n) is 4.04. The first-order chi connectivity index (χ1) is 16.7. The van der Waals surface area contributed by atoms with Gasteiger partial charge in [0.15, 0.2) is 5.60 Å². The Morgan fingerprint density at radius 2 is 1.61 bits per heavy atom. The van der Waals surface area contributed by atoms with Gasteiger partial charge < -0.3 is 14.9 Å². The lowest BCUT2D eigenvalue weighted by molar-refractivity contribution is -0.274. The maximum Gasteiger partial charge on any atom is 0.422 e. The van der Waals surface area contributed by atoms with Crippen molar-refractivity contribution in [3.8, 4) is 17.6 Å². The second kappa shape index (κ2) is 9.80. The molecule has 0 amide bonds. The Morgan fingerprint density at radius 3 is 2.08 bits per heavy atom. The van der Waals surface area contributed by atoms with Gasteiger partial charge in [-0.2, -0.15) is 18.4 Å². The highest BCUT2D eigenvalue weighted by Gasteiger charge is 2.59. The van der Waals surface area contributed by atoms with E-state index in [-0.39, 0.29) is 27.6 Å². The Labute approximate surface area is 209 Å². The third-order valence-corrected chi connectivity index (χ3v) is 6.32. The van der Waals surface area contributed by atoms with Gasteiger partial charge in [0, 0.05) is 17.0 Å². The molecule has 3 rings (SSSR count). The van der Waals surface area contributed by atoms with E-state index in [4.69, 9.17) is 21.4 Å². The summed E-state index contributed by atoms with van der Waals surface area (Å²) < 4.78 is 62.4. The molecule has 5 nitrogen and oxygen atoms in total. The number of carboxylic acids is 1. The van der Waals surface area contributed by atoms with Crippen LogP contribution in [-0.2, 0) is 5.60 Å². The number of aromatic carboxylic acids is 1. The van der Waals surface area contributed by atoms with Crippen LogP contribution >= 0.6 is 11.6 Å². The molecular weight excluding hydrogens is 502 g/mol. The number of ether oxygens (including phenoxy) is 1. The van der Waals surface area contributed by atoms with Gasteiger partial charge in [-0.05, 0) is 60.4 Å². The normalized spacial score (nSPS) is 14.0. The van der Waals surface area contributed by atoms with Crippen LogP contribution in [0.1, 0.15) is 51.0 Å². The SMILES string of the molecule is Cc1cc(C(O)(C(C)c2ccc(Oc3ccc(C(=O)O)c(F)c3)cc2Cl)C(F)(F)F)cc(C)c1C#N. The van der Waals surface area contributed by atoms with Crippen molar-refractivity contribution in [2.24, 2.45) is 0 Å². The number of halogens is 5. The molecule has 0 bridgehead atoms. The van der Waals surface area contributed by atoms with Crippen molar-refractivity contribution >= 4 is 17.6 Å². The molecule has 0 radical (unpaired) electrons. The standard InChI is InChI=1S/C26H20ClF4NO4/c1-13-8-16(9-14(2)21(13)12-32)25(35,26(29,30)31)15(3)19-6-4-17(10-22(19)27)36-18-5-7-20(24(33)34)23(28)11-18/h4-11,15,35H,1-3H3,(H,33,34). The molecule has 0 spiro atoms. The largest absolute Gasteiger partial charge is 0.478 e. The number of hydrogen-bond acceptors (Lipinski definition) is 4. The Balaban J connectivity index is 2.01. The molecular formula is C26H20ClF4NO4. The maximum absolute atomic E-state index is 14.3. The number of alkyl halides is 3. The van der Waals surface area contributed by atoms with Gasteiger partial charge in [-0.15, -0.1) is 0 Å². The molecule has 188 valence electrons. The van der Waals surface area contributed by atoms with Gasteiger partial charge in [0.05, 0.1) is 17.2 Å². The van der Waals surface area contributed by atoms with Gasteiger partial charge in [-0.3, -0.25) is 0 Å². The molecule has 10 heteroatoms. The number of aliphatic hydroxyl groups is 1. The van der Waals surface area contributed by atoms with Crippen molar-refractivity contribution in [1.82, 2.24) is 0 Å². The Bertz CT molecular complexity index is 1360. The number of carbonyl (C=O) groups is 1. The highest BCUT2D eigenvalue weighted by atomic mass is 35.5. The van der Waals surface area contributed by atoms with Crippen molar-refractivity contribution in [2.45, 2.75) is 38.5 Å². The number of aryl methyl sites for hydroxylation is 2. The first-order valence-corrected chi connectivity index (χ1v) is 10.9. The molecule has 0 aromatic heterocycles. The van der Waals surface area contributed by atoms with Gasteiger partial charge in [-0.25, -0.2) is 9.18 Å². The van der Waals surface area contributed by atoms with Crippen LogP contribution in [0.15, 0.2) is 48.5 Å². The molecule has 0 aliphatic rings. The molecule has 3 aromatic carbocycles. The number of nitriles is 1. The minimum atomic E-state index is -5.10. The van der Waals surface area contributed by atoms with Crippen LogP contribution in [-0.4, -0.2) is 22.4 Å². The number of benzene rings is 3. The molecule has 0 aliphatic heterocycles. The molecule has 0 aliphatic carbocycles. The summed E-state index contributed by atoms with van der Waals surface area (Å²) in [4.78, 5) is 10.9. The lowest BCUT2D eigenvalue weighted by Gasteiger charge is -2.37. The van der Waals surface area contributed by atoms with E-state index in [1.54, 1.807) is 0 Å². The van der Waals surface area contributed by atoms with E-state index in [0.717, 1.165) is 24.3 Å². The molecule has 2 unspecified atom stereocenters. The predicted octanol–water partition coefficient (Wildman–Crippen LogP) is 7.01. The fraction of sp³-hybridized carbons (Fsp3) is 0.231. The van der Waals surface area contributed by atoms with Crippen molar-refractivity contribution in [2.75, 3.05) is 0 Å². The number of carboxylic acid groups (broad SMARTS) is 1. The van der Waals surface area contributed by atoms with Gasteiger partial charge in [0.25, 0.3) is 0 Å². The highest BCUT2D eigenvalue weighted by molar-refractivity contribution is 6.31. The first-order valence-electron chi connectivity index (χ1n) is 10.5. The third-order valence-electron chi connectivity index (χ3n) is 5.99. The van der Waals surface area contributed by atoms with Crippen molar-refractivity contribution in [3.63, 3.8) is 0 Å². The summed E-state index contributed by atoms with van der Waals surface area (Å²) in [5.74, 6) is -4.05. The van der Waals surface area contributed by atoms with Crippen molar-refractivity contribution in [1.29, 1.82) is 5.26 Å². The molecule has 0 saturated heterocycles. The molecule has 2 N–H and O–H groups in total. The average molecular weight is 522 g/mol. The van der Waals surface area contributed by atoms with Crippen molar-refractivity contribution < 1.29 is 37.3 Å². The topological polar surface area (TPSA) is 90.6 Å². The molecule has 0 heterocycles. The fourth-order valence-corrected chi connectivity index (χ4v) is 4.37. The lowest BCUT2D eigenvalue weighted by Crippen LogP contribution is -2.46. The summed E-state index contributed by atoms with van der Waals surface area (Å²) in [6, 6.07) is 11.1. The number of hydrogen-bond donors (Lipinski definition) is 2. The van der Waals surface area contributed by atoms with Crippen LogP contribution in [0.5, 0.6) is 11.5 Å². The second-order valence-corrected chi connectivity index (χ2v) is 8.72. The molecule has 0 saturated carbocycles. The molecule has 0 fully saturated rings. The van der Waals surface area contributed by atoms with Crippen LogP contribution in [0, 0.1) is 31.0 Å². The van der Waals surface area contributed by atoms with E-state index < -0.39 is 40.6 Å². The van der Waals surface area contributed by atoms with Gasteiger partial charge in [0.1, 0.15) is 17.3 Å². The Kier molecular flexibility index (Phi) is 7.35. The zero-order chi connectivity index (χ0) is 27.0. The summed E-state index contributed by atoms with van der Waals surface area (Å²) in [6.45, 7) is 4.15. The summed E-state index contributed by atoms with van der Waals surface area (Å²) in [5, 5.41) is 29.1. The summed E-state index contributed by atoms with van der Waals surface area (Å²) >= 11 is 6.29. The van der Waals surface area contributed by atoms with E-state index in [0.29, 0.717) is 11.1 Å². The average Bonchev–Trinajstić information content (AvgIpc) is 2.77. The van der Waals surface area contributed by atoms with Gasteiger partial charge in [-0.1, -0.05) is 36.7 Å². The maximum atomic E-state index is 14.3. The van der Waals surface area contributed by atoms with E-state index in [9.17, 15) is 32.7 Å². The molecule has 36 heavy (non-hydrogen) atoms. The van der Waals surface area contributed by atoms with Crippen LogP contribution < -0.4 is 4.74 Å². The predicted molar refractivity (Wildman–Crippen MR) is 124 cm³/mol. The summed E-state index contributed by atoms with van der Waals surface area (Å²) in [7, 11) is 0. The smallest absolute Gasteiger partial charge is 0.422 e. The first kappa shape index (κ1) is 27.0. The Morgan fingerprint density at radius 1 is 1.06 bits per heavy atom. The lowest BCUT2D eigenvalue weighted by atomic mass is 9.76. The van der Waals surface area contributed by atoms with Crippen LogP contribution in [0.25, 0.3) is 0 Å². The van der Waals surface area contributed by atoms with E-state index in [2.05, 4.69) is 0 Å². The van der Waals surface area contributed by atoms with E-state index in [1.807, 2.05) is 6.07 Å². The van der Waals surface area contributed by atoms with Crippen LogP contribution in [0.4, 0.5) is 17.6 Å². The summed E-state index contributed by atoms with van der Waals surface area (Å²) in [6.07, 6.45) is -5.10. The van der Waals surface area contributed by atoms with Crippen LogP contribution in [0.3, 0.4) is 0 Å². The highest BCUT2D eigenvalue weighted by Crippen LogP contribution is 2.50. The number of rotatable bonds is 6. The minimum absolute atomic E-state index is 0.0316. The summed E-state index contributed by atoms with van der Waals surface area (Å²) in [5.41, 5.74) is -3.54. The molecule has 2 atom stereocenters. The number of nitrogens with zero attached hydrogens (tertiary/aromatic N) is 1. The van der Waals surface area contributed by atoms with Crippen molar-refractivity contribution in [3.05, 3.63) is 92.8 Å². The van der Waals surface area contributed by atoms with E-state index >= 15 is 0 Å². The monoisotopic (exact) mass is 521 g/mol. The van der Waals surface area contributed by atoms with Crippen LogP contribution in [0.2, 0.25) is 5.02 Å². The quantitative estimate of drug-likeness (QED) is 0.340. The Hall–Kier alpha value is -3.61. The minimum Gasteiger partial charge on any atom is -0.478 e. The second-order valence-electron chi connectivity index (χ2n) is 8.31.